The van der Waals surface area contributed by atoms with E-state index in [-0.39, 0.29) is 66.6 Å². The Balaban J connectivity index is 1.86. The lowest BCUT2D eigenvalue weighted by Gasteiger charge is -2.58. The number of carbonyl (C=O) groups is 5. The summed E-state index contributed by atoms with van der Waals surface area (Å²) in [6.07, 6.45) is 1.96. The van der Waals surface area contributed by atoms with Crippen molar-refractivity contribution in [1.29, 1.82) is 0 Å². The molecule has 180 valence electrons. The summed E-state index contributed by atoms with van der Waals surface area (Å²) in [5.74, 6) is -1.46. The monoisotopic (exact) mass is 456 g/mol. The highest BCUT2D eigenvalue weighted by atomic mass is 16.4. The first-order chi connectivity index (χ1) is 15.1. The smallest absolute Gasteiger partial charge is 0.303 e. The molecular formula is C27H36O6. The minimum absolute atomic E-state index is 0.0151. The molecule has 6 nitrogen and oxygen atoms in total. The van der Waals surface area contributed by atoms with E-state index in [2.05, 4.69) is 0 Å². The maximum atomic E-state index is 13.9. The van der Waals surface area contributed by atoms with Crippen LogP contribution >= 0.6 is 0 Å². The van der Waals surface area contributed by atoms with E-state index < -0.39 is 27.6 Å². The Morgan fingerprint density at radius 1 is 0.970 bits per heavy atom. The largest absolute Gasteiger partial charge is 0.481 e. The minimum atomic E-state index is -1.06. The van der Waals surface area contributed by atoms with Crippen LogP contribution in [0.3, 0.4) is 0 Å². The lowest BCUT2D eigenvalue weighted by Crippen LogP contribution is -2.59. The number of carboxylic acid groups (broad SMARTS) is 1. The van der Waals surface area contributed by atoms with Gasteiger partial charge in [-0.2, -0.15) is 0 Å². The highest BCUT2D eigenvalue weighted by Gasteiger charge is 2.70. The van der Waals surface area contributed by atoms with Crippen LogP contribution in [0.4, 0.5) is 0 Å². The second-order valence-corrected chi connectivity index (χ2v) is 12.3. The zero-order valence-electron chi connectivity index (χ0n) is 20.7. The third kappa shape index (κ3) is 2.94. The molecule has 2 fully saturated rings. The number of rotatable bonds is 4. The summed E-state index contributed by atoms with van der Waals surface area (Å²) < 4.78 is 0. The molecule has 0 spiro atoms. The fraction of sp³-hybridized carbons (Fsp3) is 0.741. The van der Waals surface area contributed by atoms with Crippen LogP contribution in [-0.4, -0.2) is 34.2 Å². The molecule has 0 aromatic heterocycles. The molecular weight excluding hydrogens is 420 g/mol. The lowest BCUT2D eigenvalue weighted by molar-refractivity contribution is -0.147. The van der Waals surface area contributed by atoms with Gasteiger partial charge < -0.3 is 5.11 Å². The number of ketones is 4. The summed E-state index contributed by atoms with van der Waals surface area (Å²) in [5, 5.41) is 9.14. The van der Waals surface area contributed by atoms with Gasteiger partial charge in [0, 0.05) is 54.1 Å². The summed E-state index contributed by atoms with van der Waals surface area (Å²) in [5.41, 5.74) is -2.17. The number of hydrogen-bond acceptors (Lipinski definition) is 5. The van der Waals surface area contributed by atoms with Gasteiger partial charge in [-0.15, -0.1) is 0 Å². The minimum Gasteiger partial charge on any atom is -0.481 e. The normalized spacial score (nSPS) is 40.9. The van der Waals surface area contributed by atoms with Crippen molar-refractivity contribution in [3.05, 3.63) is 11.1 Å². The molecule has 4 rings (SSSR count). The molecule has 0 aromatic carbocycles. The van der Waals surface area contributed by atoms with Crippen molar-refractivity contribution in [2.24, 2.45) is 39.4 Å². The molecule has 6 atom stereocenters. The number of hydrogen-bond donors (Lipinski definition) is 1. The summed E-state index contributed by atoms with van der Waals surface area (Å²) in [6, 6.07) is 0. The molecule has 6 heteroatoms. The van der Waals surface area contributed by atoms with E-state index in [1.807, 2.05) is 41.5 Å². The predicted molar refractivity (Wildman–Crippen MR) is 121 cm³/mol. The first kappa shape index (κ1) is 24.0. The summed E-state index contributed by atoms with van der Waals surface area (Å²) in [7, 11) is 0. The van der Waals surface area contributed by atoms with E-state index >= 15 is 0 Å². The topological polar surface area (TPSA) is 106 Å². The molecule has 0 aliphatic heterocycles. The van der Waals surface area contributed by atoms with Crippen LogP contribution in [0.15, 0.2) is 11.1 Å². The number of allylic oxidation sites excluding steroid dienone is 2. The van der Waals surface area contributed by atoms with Crippen molar-refractivity contribution in [1.82, 2.24) is 0 Å². The molecule has 4 aliphatic rings. The Morgan fingerprint density at radius 2 is 1.61 bits per heavy atom. The van der Waals surface area contributed by atoms with Gasteiger partial charge in [0.05, 0.1) is 5.41 Å². The molecule has 4 aliphatic carbocycles. The van der Waals surface area contributed by atoms with Crippen molar-refractivity contribution < 1.29 is 29.1 Å². The van der Waals surface area contributed by atoms with Crippen molar-refractivity contribution >= 4 is 29.1 Å². The summed E-state index contributed by atoms with van der Waals surface area (Å²) in [4.78, 5) is 65.1. The average molecular weight is 457 g/mol. The lowest BCUT2D eigenvalue weighted by atomic mass is 9.43. The zero-order valence-corrected chi connectivity index (χ0v) is 20.7. The fourth-order valence-electron chi connectivity index (χ4n) is 8.19. The highest BCUT2D eigenvalue weighted by Crippen LogP contribution is 2.69. The van der Waals surface area contributed by atoms with Crippen LogP contribution in [-0.2, 0) is 24.0 Å². The van der Waals surface area contributed by atoms with Gasteiger partial charge in [0.15, 0.2) is 11.6 Å². The van der Waals surface area contributed by atoms with Crippen molar-refractivity contribution in [3.8, 4) is 0 Å². The second kappa shape index (κ2) is 7.19. The van der Waals surface area contributed by atoms with E-state index in [1.54, 1.807) is 0 Å². The Kier molecular flexibility index (Phi) is 5.24. The third-order valence-corrected chi connectivity index (χ3v) is 10.5. The van der Waals surface area contributed by atoms with Crippen LogP contribution < -0.4 is 0 Å². The van der Waals surface area contributed by atoms with Gasteiger partial charge in [0.25, 0.3) is 0 Å². The number of fused-ring (bicyclic) bond motifs is 4. The van der Waals surface area contributed by atoms with Crippen LogP contribution in [0, 0.1) is 39.4 Å². The Morgan fingerprint density at radius 3 is 2.21 bits per heavy atom. The SMILES string of the molecule is C[C@H](CCC(=O)O)[C@H]1CC(=O)[C@@]2(C)C3=C(C(=O)C[C@]12C)[C@@]1(C)CCC(=O)C(C)(C)C1CC3=O. The maximum absolute atomic E-state index is 13.9. The van der Waals surface area contributed by atoms with Gasteiger partial charge in [-0.1, -0.05) is 34.6 Å². The summed E-state index contributed by atoms with van der Waals surface area (Å²) in [6.45, 7) is 11.6. The molecule has 0 aromatic rings. The molecule has 0 heterocycles. The summed E-state index contributed by atoms with van der Waals surface area (Å²) >= 11 is 0. The van der Waals surface area contributed by atoms with Crippen LogP contribution in [0.25, 0.3) is 0 Å². The van der Waals surface area contributed by atoms with E-state index in [1.165, 1.54) is 0 Å². The predicted octanol–water partition coefficient (Wildman–Crippen LogP) is 4.34. The van der Waals surface area contributed by atoms with E-state index in [0.29, 0.717) is 30.4 Å². The maximum Gasteiger partial charge on any atom is 0.303 e. The second-order valence-electron chi connectivity index (χ2n) is 12.3. The zero-order chi connectivity index (χ0) is 24.7. The first-order valence-electron chi connectivity index (χ1n) is 12.2. The Labute approximate surface area is 195 Å². The van der Waals surface area contributed by atoms with Gasteiger partial charge in [-0.05, 0) is 42.9 Å². The van der Waals surface area contributed by atoms with E-state index in [9.17, 15) is 24.0 Å². The molecule has 2 saturated carbocycles. The molecule has 0 bridgehead atoms. The number of aliphatic carboxylic acids is 1. The van der Waals surface area contributed by atoms with Gasteiger partial charge in [0.2, 0.25) is 0 Å². The fourth-order valence-corrected chi connectivity index (χ4v) is 8.19. The van der Waals surface area contributed by atoms with Crippen molar-refractivity contribution in [2.75, 3.05) is 0 Å². The van der Waals surface area contributed by atoms with E-state index in [4.69, 9.17) is 5.11 Å². The average Bonchev–Trinajstić information content (AvgIpc) is 2.92. The Hall–Kier alpha value is -2.11. The van der Waals surface area contributed by atoms with Gasteiger partial charge in [-0.25, -0.2) is 0 Å². The molecule has 0 radical (unpaired) electrons. The standard InChI is InChI=1S/C27H36O6/c1-14(7-8-21(32)33)15-11-20(31)27(6)23-16(28)12-18-24(2,3)19(30)9-10-25(18,4)22(23)17(29)13-26(15,27)5/h14-15,18H,7-13H2,1-6H3,(H,32,33)/t14-,15-,18?,25+,26-,27+/m1/s1. The molecule has 1 N–H and O–H groups in total. The van der Waals surface area contributed by atoms with Crippen LogP contribution in [0.1, 0.15) is 86.5 Å². The number of Topliss-reactive ketones (excluding diaryl/α,β-unsaturated/α-hetero) is 4. The number of carbonyl (C=O) groups excluding carboxylic acids is 4. The van der Waals surface area contributed by atoms with Crippen LogP contribution in [0.5, 0.6) is 0 Å². The molecule has 1 unspecified atom stereocenters. The Bertz CT molecular complexity index is 1020. The quantitative estimate of drug-likeness (QED) is 0.674. The van der Waals surface area contributed by atoms with E-state index in [0.717, 1.165) is 0 Å². The van der Waals surface area contributed by atoms with Crippen LogP contribution in [0.2, 0.25) is 0 Å². The van der Waals surface area contributed by atoms with Gasteiger partial charge in [0.1, 0.15) is 11.6 Å². The molecule has 33 heavy (non-hydrogen) atoms. The van der Waals surface area contributed by atoms with Crippen molar-refractivity contribution in [2.45, 2.75) is 86.5 Å². The first-order valence-corrected chi connectivity index (χ1v) is 12.2. The highest BCUT2D eigenvalue weighted by molar-refractivity contribution is 6.16. The molecule has 0 amide bonds. The molecule has 0 saturated heterocycles. The number of carboxylic acids is 1. The third-order valence-electron chi connectivity index (χ3n) is 10.5. The van der Waals surface area contributed by atoms with Crippen molar-refractivity contribution in [3.63, 3.8) is 0 Å². The van der Waals surface area contributed by atoms with Gasteiger partial charge in [-0.3, -0.25) is 24.0 Å². The van der Waals surface area contributed by atoms with Gasteiger partial charge >= 0.3 is 5.97 Å².